The maximum atomic E-state index is 11.2. The summed E-state index contributed by atoms with van der Waals surface area (Å²) in [6.45, 7) is 1.85. The molecule has 0 saturated carbocycles. The van der Waals surface area contributed by atoms with Gasteiger partial charge in [-0.15, -0.1) is 0 Å². The van der Waals surface area contributed by atoms with Gasteiger partial charge in [0, 0.05) is 18.8 Å². The van der Waals surface area contributed by atoms with Crippen molar-refractivity contribution >= 4 is 17.4 Å². The van der Waals surface area contributed by atoms with Crippen molar-refractivity contribution in [2.45, 2.75) is 13.5 Å². The van der Waals surface area contributed by atoms with Crippen molar-refractivity contribution in [2.75, 3.05) is 0 Å². The molecule has 94 valence electrons. The maximum Gasteiger partial charge on any atom is 0.159 e. The molecular formula is C13H13ClN2O2. The fraction of sp³-hybridized carbons (Fsp3) is 0.231. The Balaban J connectivity index is 2.08. The summed E-state index contributed by atoms with van der Waals surface area (Å²) in [7, 11) is 1.85. The molecule has 1 aromatic heterocycles. The molecule has 0 amide bonds. The van der Waals surface area contributed by atoms with Crippen molar-refractivity contribution < 1.29 is 9.53 Å². The number of halogens is 1. The van der Waals surface area contributed by atoms with Gasteiger partial charge < -0.3 is 4.74 Å². The minimum atomic E-state index is -0.0202. The molecule has 5 heteroatoms. The van der Waals surface area contributed by atoms with E-state index in [1.54, 1.807) is 22.9 Å². The first-order valence-corrected chi connectivity index (χ1v) is 5.86. The van der Waals surface area contributed by atoms with Gasteiger partial charge in [0.25, 0.3) is 0 Å². The summed E-state index contributed by atoms with van der Waals surface area (Å²) in [6, 6.07) is 6.87. The number of hydrogen-bond donors (Lipinski definition) is 0. The first-order chi connectivity index (χ1) is 8.56. The van der Waals surface area contributed by atoms with Gasteiger partial charge in [0.1, 0.15) is 12.4 Å². The van der Waals surface area contributed by atoms with Crippen LogP contribution in [0.3, 0.4) is 0 Å². The lowest BCUT2D eigenvalue weighted by Crippen LogP contribution is -1.99. The Bertz CT molecular complexity index is 578. The van der Waals surface area contributed by atoms with E-state index in [1.165, 1.54) is 6.92 Å². The zero-order valence-electron chi connectivity index (χ0n) is 10.2. The van der Waals surface area contributed by atoms with Crippen LogP contribution in [0.5, 0.6) is 5.75 Å². The van der Waals surface area contributed by atoms with Crippen LogP contribution in [0.25, 0.3) is 0 Å². The molecular weight excluding hydrogens is 252 g/mol. The zero-order valence-corrected chi connectivity index (χ0v) is 10.9. The Kier molecular flexibility index (Phi) is 3.67. The number of aryl methyl sites for hydroxylation is 1. The highest BCUT2D eigenvalue weighted by Gasteiger charge is 2.07. The molecule has 0 bridgehead atoms. The van der Waals surface area contributed by atoms with Crippen molar-refractivity contribution in [3.8, 4) is 5.75 Å². The monoisotopic (exact) mass is 264 g/mol. The predicted octanol–water partition coefficient (Wildman–Crippen LogP) is 2.86. The SMILES string of the molecule is CC(=O)c1ccc(OCc2ccn(C)n2)c(Cl)c1. The average Bonchev–Trinajstić information content (AvgIpc) is 2.73. The minimum absolute atomic E-state index is 0.0202. The number of aromatic nitrogens is 2. The first-order valence-electron chi connectivity index (χ1n) is 5.48. The number of hydrogen-bond acceptors (Lipinski definition) is 3. The Morgan fingerprint density at radius 2 is 2.22 bits per heavy atom. The molecule has 1 aromatic carbocycles. The molecule has 2 aromatic rings. The van der Waals surface area contributed by atoms with E-state index < -0.39 is 0 Å². The van der Waals surface area contributed by atoms with E-state index >= 15 is 0 Å². The molecule has 18 heavy (non-hydrogen) atoms. The number of Topliss-reactive ketones (excluding diaryl/α,β-unsaturated/α-hetero) is 1. The topological polar surface area (TPSA) is 44.1 Å². The van der Waals surface area contributed by atoms with E-state index in [4.69, 9.17) is 16.3 Å². The van der Waals surface area contributed by atoms with Gasteiger partial charge in [0.05, 0.1) is 10.7 Å². The van der Waals surface area contributed by atoms with E-state index in [0.29, 0.717) is 22.9 Å². The minimum Gasteiger partial charge on any atom is -0.486 e. The van der Waals surface area contributed by atoms with Crippen LogP contribution in [0, 0.1) is 0 Å². The third-order valence-corrected chi connectivity index (χ3v) is 2.78. The van der Waals surface area contributed by atoms with Gasteiger partial charge in [-0.1, -0.05) is 11.6 Å². The molecule has 0 radical (unpaired) electrons. The number of carbonyl (C=O) groups excluding carboxylic acids is 1. The Labute approximate surface area is 110 Å². The smallest absolute Gasteiger partial charge is 0.159 e. The van der Waals surface area contributed by atoms with E-state index in [0.717, 1.165) is 5.69 Å². The van der Waals surface area contributed by atoms with Gasteiger partial charge in [0.2, 0.25) is 0 Å². The molecule has 0 atom stereocenters. The van der Waals surface area contributed by atoms with Gasteiger partial charge >= 0.3 is 0 Å². The third-order valence-electron chi connectivity index (χ3n) is 2.48. The van der Waals surface area contributed by atoms with Crippen molar-refractivity contribution in [1.29, 1.82) is 0 Å². The Morgan fingerprint density at radius 3 is 2.78 bits per heavy atom. The van der Waals surface area contributed by atoms with Crippen LogP contribution in [-0.2, 0) is 13.7 Å². The number of nitrogens with zero attached hydrogens (tertiary/aromatic N) is 2. The summed E-state index contributed by atoms with van der Waals surface area (Å²) < 4.78 is 7.26. The van der Waals surface area contributed by atoms with E-state index in [1.807, 2.05) is 19.3 Å². The van der Waals surface area contributed by atoms with Crippen LogP contribution in [0.1, 0.15) is 23.0 Å². The fourth-order valence-corrected chi connectivity index (χ4v) is 1.76. The zero-order chi connectivity index (χ0) is 13.1. The van der Waals surface area contributed by atoms with Crippen LogP contribution in [0.2, 0.25) is 5.02 Å². The molecule has 1 heterocycles. The summed E-state index contributed by atoms with van der Waals surface area (Å²) in [4.78, 5) is 11.2. The molecule has 4 nitrogen and oxygen atoms in total. The van der Waals surface area contributed by atoms with Gasteiger partial charge in [-0.05, 0) is 31.2 Å². The highest BCUT2D eigenvalue weighted by atomic mass is 35.5. The maximum absolute atomic E-state index is 11.2. The molecule has 0 aliphatic rings. The van der Waals surface area contributed by atoms with Gasteiger partial charge in [0.15, 0.2) is 5.78 Å². The number of ketones is 1. The van der Waals surface area contributed by atoms with Crippen LogP contribution < -0.4 is 4.74 Å². The third kappa shape index (κ3) is 2.90. The largest absolute Gasteiger partial charge is 0.486 e. The van der Waals surface area contributed by atoms with Crippen LogP contribution >= 0.6 is 11.6 Å². The second kappa shape index (κ2) is 5.23. The fourth-order valence-electron chi connectivity index (χ4n) is 1.53. The van der Waals surface area contributed by atoms with E-state index in [-0.39, 0.29) is 5.78 Å². The second-order valence-electron chi connectivity index (χ2n) is 3.97. The standard InChI is InChI=1S/C13H13ClN2O2/c1-9(17)10-3-4-13(12(14)7-10)18-8-11-5-6-16(2)15-11/h3-7H,8H2,1-2H3. The summed E-state index contributed by atoms with van der Waals surface area (Å²) in [5.74, 6) is 0.528. The normalized spacial score (nSPS) is 10.4. The molecule has 0 aliphatic heterocycles. The number of carbonyl (C=O) groups is 1. The molecule has 0 spiro atoms. The highest BCUT2D eigenvalue weighted by Crippen LogP contribution is 2.26. The quantitative estimate of drug-likeness (QED) is 0.798. The molecule has 2 rings (SSSR count). The number of ether oxygens (including phenoxy) is 1. The summed E-state index contributed by atoms with van der Waals surface area (Å²) in [5.41, 5.74) is 1.40. The van der Waals surface area contributed by atoms with Gasteiger partial charge in [-0.2, -0.15) is 5.10 Å². The lowest BCUT2D eigenvalue weighted by Gasteiger charge is -2.07. The lowest BCUT2D eigenvalue weighted by molar-refractivity contribution is 0.101. The number of rotatable bonds is 4. The van der Waals surface area contributed by atoms with Crippen LogP contribution in [0.4, 0.5) is 0 Å². The van der Waals surface area contributed by atoms with Crippen molar-refractivity contribution in [3.05, 3.63) is 46.7 Å². The second-order valence-corrected chi connectivity index (χ2v) is 4.38. The van der Waals surface area contributed by atoms with E-state index in [9.17, 15) is 4.79 Å². The van der Waals surface area contributed by atoms with Crippen molar-refractivity contribution in [2.24, 2.45) is 7.05 Å². The predicted molar refractivity (Wildman–Crippen MR) is 69.0 cm³/mol. The van der Waals surface area contributed by atoms with Gasteiger partial charge in [-0.25, -0.2) is 0 Å². The summed E-state index contributed by atoms with van der Waals surface area (Å²) in [6.07, 6.45) is 1.85. The summed E-state index contributed by atoms with van der Waals surface area (Å²) in [5, 5.41) is 4.62. The van der Waals surface area contributed by atoms with Crippen LogP contribution in [-0.4, -0.2) is 15.6 Å². The number of benzene rings is 1. The molecule has 0 fully saturated rings. The molecule has 0 unspecified atom stereocenters. The summed E-state index contributed by atoms with van der Waals surface area (Å²) >= 11 is 6.04. The highest BCUT2D eigenvalue weighted by molar-refractivity contribution is 6.32. The lowest BCUT2D eigenvalue weighted by atomic mass is 10.1. The average molecular weight is 265 g/mol. The molecule has 0 N–H and O–H groups in total. The Morgan fingerprint density at radius 1 is 1.44 bits per heavy atom. The molecule has 0 saturated heterocycles. The molecule has 0 aliphatic carbocycles. The Hall–Kier alpha value is -1.81. The van der Waals surface area contributed by atoms with E-state index in [2.05, 4.69) is 5.10 Å². The van der Waals surface area contributed by atoms with Crippen molar-refractivity contribution in [1.82, 2.24) is 9.78 Å². The van der Waals surface area contributed by atoms with Crippen molar-refractivity contribution in [3.63, 3.8) is 0 Å². The first kappa shape index (κ1) is 12.6. The van der Waals surface area contributed by atoms with Crippen LogP contribution in [0.15, 0.2) is 30.5 Å². The van der Waals surface area contributed by atoms with Gasteiger partial charge in [-0.3, -0.25) is 9.48 Å².